The zero-order valence-corrected chi connectivity index (χ0v) is 15.3. The number of aromatic nitrogens is 2. The Morgan fingerprint density at radius 2 is 1.92 bits per heavy atom. The Hall–Kier alpha value is -2.50. The molecule has 0 bridgehead atoms. The summed E-state index contributed by atoms with van der Waals surface area (Å²) in [4.78, 5) is 18.8. The number of ether oxygens (including phenoxy) is 2. The minimum absolute atomic E-state index is 0.198. The largest absolute Gasteiger partial charge is 0.493 e. The standard InChI is InChI=1S/C19H25N3O3/c1-5-6-8-21(2)18-12-15-14-11-17(25-4)16(24-3)10-13(14)7-9-22(15)19(23)20-18/h10-12H,5-9H2,1-4H3. The third-order valence-electron chi connectivity index (χ3n) is 4.73. The molecule has 1 aromatic carbocycles. The lowest BCUT2D eigenvalue weighted by Gasteiger charge is -2.25. The van der Waals surface area contributed by atoms with E-state index < -0.39 is 0 Å². The number of methoxy groups -OCH3 is 2. The van der Waals surface area contributed by atoms with E-state index in [4.69, 9.17) is 9.47 Å². The Morgan fingerprint density at radius 1 is 1.20 bits per heavy atom. The summed E-state index contributed by atoms with van der Waals surface area (Å²) in [6.45, 7) is 3.66. The van der Waals surface area contributed by atoms with Gasteiger partial charge in [-0.3, -0.25) is 4.57 Å². The smallest absolute Gasteiger partial charge is 0.349 e. The molecule has 0 N–H and O–H groups in total. The number of benzene rings is 1. The lowest BCUT2D eigenvalue weighted by Crippen LogP contribution is -2.31. The number of nitrogens with zero attached hydrogens (tertiary/aromatic N) is 3. The van der Waals surface area contributed by atoms with E-state index >= 15 is 0 Å². The fraction of sp³-hybridized carbons (Fsp3) is 0.474. The molecule has 6 heteroatoms. The van der Waals surface area contributed by atoms with E-state index in [0.717, 1.165) is 42.6 Å². The van der Waals surface area contributed by atoms with Crippen LogP contribution in [0.15, 0.2) is 23.0 Å². The van der Waals surface area contributed by atoms with Gasteiger partial charge in [-0.1, -0.05) is 13.3 Å². The number of hydrogen-bond donors (Lipinski definition) is 0. The van der Waals surface area contributed by atoms with Crippen LogP contribution in [0.2, 0.25) is 0 Å². The van der Waals surface area contributed by atoms with Crippen LogP contribution >= 0.6 is 0 Å². The van der Waals surface area contributed by atoms with E-state index in [-0.39, 0.29) is 5.69 Å². The first-order valence-electron chi connectivity index (χ1n) is 8.67. The molecule has 3 rings (SSSR count). The Kier molecular flexibility index (Phi) is 4.97. The van der Waals surface area contributed by atoms with Gasteiger partial charge in [-0.05, 0) is 30.5 Å². The van der Waals surface area contributed by atoms with Gasteiger partial charge in [0, 0.05) is 31.8 Å². The highest BCUT2D eigenvalue weighted by Crippen LogP contribution is 2.38. The van der Waals surface area contributed by atoms with E-state index in [1.54, 1.807) is 18.8 Å². The highest BCUT2D eigenvalue weighted by atomic mass is 16.5. The van der Waals surface area contributed by atoms with Crippen LogP contribution in [0, 0.1) is 0 Å². The molecule has 2 heterocycles. The van der Waals surface area contributed by atoms with Crippen molar-refractivity contribution in [1.29, 1.82) is 0 Å². The molecule has 2 aromatic rings. The Bertz CT molecular complexity index is 829. The van der Waals surface area contributed by atoms with Crippen molar-refractivity contribution in [1.82, 2.24) is 9.55 Å². The molecular formula is C19H25N3O3. The van der Waals surface area contributed by atoms with Gasteiger partial charge in [-0.15, -0.1) is 0 Å². The molecule has 0 unspecified atom stereocenters. The van der Waals surface area contributed by atoms with Crippen LogP contribution < -0.4 is 20.1 Å². The van der Waals surface area contributed by atoms with Crippen molar-refractivity contribution in [2.75, 3.05) is 32.7 Å². The van der Waals surface area contributed by atoms with Gasteiger partial charge < -0.3 is 14.4 Å². The summed E-state index contributed by atoms with van der Waals surface area (Å²) >= 11 is 0. The van der Waals surface area contributed by atoms with Crippen LogP contribution in [0.5, 0.6) is 11.5 Å². The van der Waals surface area contributed by atoms with Gasteiger partial charge in [0.1, 0.15) is 5.82 Å². The van der Waals surface area contributed by atoms with Gasteiger partial charge in [0.05, 0.1) is 19.9 Å². The van der Waals surface area contributed by atoms with Gasteiger partial charge in [-0.2, -0.15) is 4.98 Å². The molecule has 25 heavy (non-hydrogen) atoms. The van der Waals surface area contributed by atoms with Crippen LogP contribution in [-0.4, -0.2) is 37.4 Å². The van der Waals surface area contributed by atoms with Gasteiger partial charge in [-0.25, -0.2) is 4.79 Å². The van der Waals surface area contributed by atoms with Crippen LogP contribution in [-0.2, 0) is 13.0 Å². The SMILES string of the molecule is CCCCN(C)c1cc2n(c(=O)n1)CCc1cc(OC)c(OC)cc1-2. The van der Waals surface area contributed by atoms with Gasteiger partial charge in [0.25, 0.3) is 0 Å². The Morgan fingerprint density at radius 3 is 2.60 bits per heavy atom. The first kappa shape index (κ1) is 17.3. The second-order valence-electron chi connectivity index (χ2n) is 6.32. The molecule has 6 nitrogen and oxygen atoms in total. The topological polar surface area (TPSA) is 56.6 Å². The first-order chi connectivity index (χ1) is 12.1. The normalized spacial score (nSPS) is 12.3. The van der Waals surface area contributed by atoms with Crippen molar-refractivity contribution in [3.8, 4) is 22.8 Å². The average Bonchev–Trinajstić information content (AvgIpc) is 2.64. The predicted octanol–water partition coefficient (Wildman–Crippen LogP) is 2.72. The maximum Gasteiger partial charge on any atom is 0.349 e. The minimum Gasteiger partial charge on any atom is -0.493 e. The summed E-state index contributed by atoms with van der Waals surface area (Å²) in [6.07, 6.45) is 2.95. The lowest BCUT2D eigenvalue weighted by atomic mass is 9.97. The lowest BCUT2D eigenvalue weighted by molar-refractivity contribution is 0.354. The third kappa shape index (κ3) is 3.21. The van der Waals surface area contributed by atoms with Gasteiger partial charge in [0.15, 0.2) is 11.5 Å². The molecule has 1 aromatic heterocycles. The van der Waals surface area contributed by atoms with Crippen molar-refractivity contribution < 1.29 is 9.47 Å². The second kappa shape index (κ2) is 7.17. The van der Waals surface area contributed by atoms with Gasteiger partial charge >= 0.3 is 5.69 Å². The molecule has 0 atom stereocenters. The van der Waals surface area contributed by atoms with Crippen molar-refractivity contribution >= 4 is 5.82 Å². The molecule has 0 saturated carbocycles. The third-order valence-corrected chi connectivity index (χ3v) is 4.73. The molecule has 1 aliphatic heterocycles. The van der Waals surface area contributed by atoms with Crippen molar-refractivity contribution in [3.05, 3.63) is 34.2 Å². The minimum atomic E-state index is -0.198. The molecule has 134 valence electrons. The molecule has 0 amide bonds. The van der Waals surface area contributed by atoms with E-state index in [0.29, 0.717) is 23.9 Å². The van der Waals surface area contributed by atoms with Crippen molar-refractivity contribution in [2.24, 2.45) is 0 Å². The molecule has 0 fully saturated rings. The zero-order valence-electron chi connectivity index (χ0n) is 15.3. The number of hydrogen-bond acceptors (Lipinski definition) is 5. The monoisotopic (exact) mass is 343 g/mol. The highest BCUT2D eigenvalue weighted by molar-refractivity contribution is 5.72. The quantitative estimate of drug-likeness (QED) is 0.807. The van der Waals surface area contributed by atoms with Crippen LogP contribution in [0.4, 0.5) is 5.82 Å². The van der Waals surface area contributed by atoms with E-state index in [1.165, 1.54) is 0 Å². The number of aryl methyl sites for hydroxylation is 1. The van der Waals surface area contributed by atoms with Crippen LogP contribution in [0.25, 0.3) is 11.3 Å². The number of anilines is 1. The molecule has 0 radical (unpaired) electrons. The molecular weight excluding hydrogens is 318 g/mol. The highest BCUT2D eigenvalue weighted by Gasteiger charge is 2.22. The fourth-order valence-corrected chi connectivity index (χ4v) is 3.24. The summed E-state index contributed by atoms with van der Waals surface area (Å²) in [5.41, 5.74) is 2.86. The summed E-state index contributed by atoms with van der Waals surface area (Å²) in [5.74, 6) is 2.10. The van der Waals surface area contributed by atoms with E-state index in [2.05, 4.69) is 11.9 Å². The van der Waals surface area contributed by atoms with Crippen LogP contribution in [0.1, 0.15) is 25.3 Å². The summed E-state index contributed by atoms with van der Waals surface area (Å²) < 4.78 is 12.6. The van der Waals surface area contributed by atoms with E-state index in [1.807, 2.05) is 30.1 Å². The molecule has 1 aliphatic rings. The Balaban J connectivity index is 2.11. The van der Waals surface area contributed by atoms with Gasteiger partial charge in [0.2, 0.25) is 0 Å². The predicted molar refractivity (Wildman–Crippen MR) is 98.9 cm³/mol. The average molecular weight is 343 g/mol. The molecule has 0 aliphatic carbocycles. The first-order valence-corrected chi connectivity index (χ1v) is 8.67. The van der Waals surface area contributed by atoms with Crippen molar-refractivity contribution in [2.45, 2.75) is 32.7 Å². The zero-order chi connectivity index (χ0) is 18.0. The second-order valence-corrected chi connectivity index (χ2v) is 6.32. The fourth-order valence-electron chi connectivity index (χ4n) is 3.24. The number of rotatable bonds is 6. The van der Waals surface area contributed by atoms with E-state index in [9.17, 15) is 4.79 Å². The number of unbranched alkanes of at least 4 members (excludes halogenated alkanes) is 1. The van der Waals surface area contributed by atoms with Crippen LogP contribution in [0.3, 0.4) is 0 Å². The summed E-state index contributed by atoms with van der Waals surface area (Å²) in [5, 5.41) is 0. The summed E-state index contributed by atoms with van der Waals surface area (Å²) in [7, 11) is 5.24. The summed E-state index contributed by atoms with van der Waals surface area (Å²) in [6, 6.07) is 5.96. The Labute approximate surface area is 148 Å². The molecule has 0 saturated heterocycles. The maximum atomic E-state index is 12.5. The maximum absolute atomic E-state index is 12.5. The molecule has 0 spiro atoms. The number of fused-ring (bicyclic) bond motifs is 3. The van der Waals surface area contributed by atoms with Crippen molar-refractivity contribution in [3.63, 3.8) is 0 Å².